The number of hydrogen-bond donors (Lipinski definition) is 0. The van der Waals surface area contributed by atoms with Gasteiger partial charge in [0.2, 0.25) is 5.88 Å². The van der Waals surface area contributed by atoms with Gasteiger partial charge in [-0.15, -0.1) is 5.10 Å². The molecule has 2 aromatic heterocycles. The fraction of sp³-hybridized carbons (Fsp3) is 0.103. The van der Waals surface area contributed by atoms with Crippen molar-refractivity contribution in [2.24, 2.45) is 0 Å². The predicted octanol–water partition coefficient (Wildman–Crippen LogP) is 7.83. The van der Waals surface area contributed by atoms with Gasteiger partial charge in [-0.25, -0.2) is 9.67 Å². The highest BCUT2D eigenvalue weighted by Crippen LogP contribution is 2.43. The molecule has 0 radical (unpaired) electrons. The van der Waals surface area contributed by atoms with E-state index in [-0.39, 0.29) is 0 Å². The largest absolute Gasteiger partial charge is 0.473 e. The van der Waals surface area contributed by atoms with Gasteiger partial charge in [0.05, 0.1) is 0 Å². The van der Waals surface area contributed by atoms with Gasteiger partial charge in [-0.05, 0) is 57.7 Å². The van der Waals surface area contributed by atoms with Gasteiger partial charge in [0.15, 0.2) is 5.82 Å². The van der Waals surface area contributed by atoms with Crippen molar-refractivity contribution in [1.82, 2.24) is 30.2 Å². The first-order valence-corrected chi connectivity index (χ1v) is 15.2. The van der Waals surface area contributed by atoms with Crippen LogP contribution in [0.5, 0.6) is 5.88 Å². The lowest BCUT2D eigenvalue weighted by molar-refractivity contribution is 0.292. The minimum Gasteiger partial charge on any atom is -0.473 e. The molecule has 2 heterocycles. The van der Waals surface area contributed by atoms with Crippen molar-refractivity contribution in [3.05, 3.63) is 179 Å². The number of ether oxygens (including phenoxy) is 1. The summed E-state index contributed by atoms with van der Waals surface area (Å²) in [4.78, 5) is 8.72. The van der Waals surface area contributed by atoms with E-state index in [4.69, 9.17) is 9.95 Å². The highest BCUT2D eigenvalue weighted by Gasteiger charge is 2.42. The van der Waals surface area contributed by atoms with Crippen LogP contribution in [0.1, 0.15) is 33.8 Å². The Hall–Kier alpha value is -5.95. The summed E-state index contributed by atoms with van der Waals surface area (Å²) in [6.07, 6.45) is 0. The Morgan fingerprint density at radius 1 is 0.609 bits per heavy atom. The molecule has 224 valence electrons. The maximum atomic E-state index is 5.98. The van der Waals surface area contributed by atoms with Gasteiger partial charge in [0.1, 0.15) is 18.0 Å². The van der Waals surface area contributed by atoms with Gasteiger partial charge in [-0.3, -0.25) is 0 Å². The van der Waals surface area contributed by atoms with Crippen LogP contribution in [0, 0.1) is 13.8 Å². The summed E-state index contributed by atoms with van der Waals surface area (Å²) in [6.45, 7) is 4.21. The third-order valence-electron chi connectivity index (χ3n) is 8.12. The lowest BCUT2D eigenvalue weighted by Gasteiger charge is -2.36. The summed E-state index contributed by atoms with van der Waals surface area (Å²) in [7, 11) is 0. The number of tetrazole rings is 1. The summed E-state index contributed by atoms with van der Waals surface area (Å²) >= 11 is 0. The van der Waals surface area contributed by atoms with Crippen LogP contribution in [0.15, 0.2) is 146 Å². The normalized spacial score (nSPS) is 11.3. The first kappa shape index (κ1) is 28.8. The number of aromatic nitrogens is 6. The van der Waals surface area contributed by atoms with E-state index in [1.807, 2.05) is 54.9 Å². The van der Waals surface area contributed by atoms with Crippen LogP contribution in [0.25, 0.3) is 22.5 Å². The molecule has 5 aromatic carbocycles. The Bertz CT molecular complexity index is 1940. The average molecular weight is 601 g/mol. The lowest BCUT2D eigenvalue weighted by atomic mass is 9.77. The van der Waals surface area contributed by atoms with Gasteiger partial charge >= 0.3 is 0 Å². The molecule has 46 heavy (non-hydrogen) atoms. The van der Waals surface area contributed by atoms with Crippen molar-refractivity contribution in [1.29, 1.82) is 0 Å². The SMILES string of the molecule is Cc1cc(OCc2ccc(-c3ccccc3-c3nnnn3C(c3ccccc3)(c3ccccc3)c3ccccc3)cc2)nc(C)n1. The van der Waals surface area contributed by atoms with E-state index >= 15 is 0 Å². The third-order valence-corrected chi connectivity index (χ3v) is 8.12. The first-order chi connectivity index (χ1) is 22.6. The minimum absolute atomic E-state index is 0.407. The number of nitrogens with zero attached hydrogens (tertiary/aromatic N) is 6. The fourth-order valence-corrected chi connectivity index (χ4v) is 6.11. The molecule has 0 spiro atoms. The molecule has 0 atom stereocenters. The lowest BCUT2D eigenvalue weighted by Crippen LogP contribution is -2.39. The Morgan fingerprint density at radius 3 is 1.72 bits per heavy atom. The fourth-order valence-electron chi connectivity index (χ4n) is 6.11. The number of hydrogen-bond acceptors (Lipinski definition) is 6. The molecule has 7 aromatic rings. The van der Waals surface area contributed by atoms with Gasteiger partial charge in [-0.1, -0.05) is 140 Å². The second-order valence-electron chi connectivity index (χ2n) is 11.1. The van der Waals surface area contributed by atoms with Crippen molar-refractivity contribution in [3.63, 3.8) is 0 Å². The Labute approximate surface area is 268 Å². The standard InChI is InChI=1S/C39H32N6O/c1-28-26-37(41-29(2)40-28)46-27-30-22-24-31(25-23-30)35-20-12-13-21-36(35)38-42-43-44-45(38)39(32-14-6-3-7-15-32,33-16-8-4-9-17-33)34-18-10-5-11-19-34/h3-26H,27H2,1-2H3. The van der Waals surface area contributed by atoms with Gasteiger partial charge in [0, 0.05) is 17.3 Å². The van der Waals surface area contributed by atoms with Crippen LogP contribution < -0.4 is 4.74 Å². The summed E-state index contributed by atoms with van der Waals surface area (Å²) in [5.74, 6) is 1.93. The predicted molar refractivity (Wildman–Crippen MR) is 179 cm³/mol. The maximum absolute atomic E-state index is 5.98. The second-order valence-corrected chi connectivity index (χ2v) is 11.1. The Morgan fingerprint density at radius 2 is 1.15 bits per heavy atom. The molecule has 0 saturated heterocycles. The monoisotopic (exact) mass is 600 g/mol. The Kier molecular flexibility index (Phi) is 7.87. The van der Waals surface area contributed by atoms with Crippen molar-refractivity contribution in [3.8, 4) is 28.4 Å². The van der Waals surface area contributed by atoms with Crippen LogP contribution in [0.3, 0.4) is 0 Å². The molecule has 0 amide bonds. The van der Waals surface area contributed by atoms with E-state index in [0.717, 1.165) is 44.6 Å². The first-order valence-electron chi connectivity index (χ1n) is 15.2. The van der Waals surface area contributed by atoms with E-state index < -0.39 is 5.54 Å². The zero-order chi connectivity index (χ0) is 31.3. The van der Waals surface area contributed by atoms with Gasteiger partial charge in [0.25, 0.3) is 0 Å². The molecule has 0 aliphatic heterocycles. The molecule has 0 saturated carbocycles. The van der Waals surface area contributed by atoms with E-state index in [1.54, 1.807) is 0 Å². The number of rotatable bonds is 9. The van der Waals surface area contributed by atoms with Crippen LogP contribution in [-0.4, -0.2) is 30.2 Å². The van der Waals surface area contributed by atoms with Crippen molar-refractivity contribution >= 4 is 0 Å². The number of benzene rings is 5. The van der Waals surface area contributed by atoms with Crippen LogP contribution in [0.2, 0.25) is 0 Å². The molecular weight excluding hydrogens is 568 g/mol. The third kappa shape index (κ3) is 5.43. The van der Waals surface area contributed by atoms with Crippen LogP contribution in [-0.2, 0) is 12.1 Å². The summed E-state index contributed by atoms with van der Waals surface area (Å²) in [5, 5.41) is 13.7. The molecular formula is C39H32N6O. The molecule has 7 rings (SSSR count). The molecule has 7 heteroatoms. The van der Waals surface area contributed by atoms with Gasteiger partial charge in [-0.2, -0.15) is 4.98 Å². The smallest absolute Gasteiger partial charge is 0.217 e. The molecule has 0 aliphatic carbocycles. The quantitative estimate of drug-likeness (QED) is 0.157. The molecule has 0 aliphatic rings. The topological polar surface area (TPSA) is 78.6 Å². The van der Waals surface area contributed by atoms with Crippen molar-refractivity contribution in [2.75, 3.05) is 0 Å². The number of aryl methyl sites for hydroxylation is 2. The molecule has 0 N–H and O–H groups in total. The van der Waals surface area contributed by atoms with Crippen LogP contribution in [0.4, 0.5) is 0 Å². The average Bonchev–Trinajstić information content (AvgIpc) is 3.59. The zero-order valence-electron chi connectivity index (χ0n) is 25.7. The maximum Gasteiger partial charge on any atom is 0.217 e. The minimum atomic E-state index is -0.839. The second kappa shape index (κ2) is 12.6. The summed E-state index contributed by atoms with van der Waals surface area (Å²) < 4.78 is 7.95. The molecule has 0 fully saturated rings. The van der Waals surface area contributed by atoms with Crippen molar-refractivity contribution in [2.45, 2.75) is 26.0 Å². The highest BCUT2D eigenvalue weighted by molar-refractivity contribution is 5.81. The van der Waals surface area contributed by atoms with Gasteiger partial charge < -0.3 is 4.74 Å². The summed E-state index contributed by atoms with van der Waals surface area (Å²) in [6, 6.07) is 49.8. The Balaban J connectivity index is 1.33. The highest BCUT2D eigenvalue weighted by atomic mass is 16.5. The van der Waals surface area contributed by atoms with E-state index in [2.05, 4.69) is 129 Å². The van der Waals surface area contributed by atoms with Crippen molar-refractivity contribution < 1.29 is 4.74 Å². The van der Waals surface area contributed by atoms with E-state index in [1.165, 1.54) is 0 Å². The zero-order valence-corrected chi connectivity index (χ0v) is 25.7. The van der Waals surface area contributed by atoms with E-state index in [0.29, 0.717) is 24.1 Å². The molecule has 0 bridgehead atoms. The molecule has 7 nitrogen and oxygen atoms in total. The molecule has 0 unspecified atom stereocenters. The van der Waals surface area contributed by atoms with Crippen LogP contribution >= 0.6 is 0 Å². The summed E-state index contributed by atoms with van der Waals surface area (Å²) in [5.41, 5.74) is 7.24. The van der Waals surface area contributed by atoms with E-state index in [9.17, 15) is 0 Å².